The second-order valence-corrected chi connectivity index (χ2v) is 5.50. The average molecular weight is 239 g/mol. The number of hydrogen-bond donors (Lipinski definition) is 1. The second-order valence-electron chi connectivity index (χ2n) is 4.44. The molecule has 0 aromatic carbocycles. The molecule has 0 bridgehead atoms. The van der Waals surface area contributed by atoms with Gasteiger partial charge in [0.25, 0.3) is 0 Å². The van der Waals surface area contributed by atoms with E-state index in [2.05, 4.69) is 27.5 Å². The van der Waals surface area contributed by atoms with Gasteiger partial charge in [0.05, 0.1) is 10.7 Å². The minimum atomic E-state index is 0.921. The highest BCUT2D eigenvalue weighted by Gasteiger charge is 2.09. The summed E-state index contributed by atoms with van der Waals surface area (Å²) < 4.78 is 0. The van der Waals surface area contributed by atoms with Crippen molar-refractivity contribution in [2.24, 2.45) is 0 Å². The first-order valence-electron chi connectivity index (χ1n) is 6.19. The van der Waals surface area contributed by atoms with E-state index in [0.29, 0.717) is 0 Å². The molecule has 4 heteroatoms. The summed E-state index contributed by atoms with van der Waals surface area (Å²) in [6.07, 6.45) is 4.04. The molecule has 2 rings (SSSR count). The predicted octanol–water partition coefficient (Wildman–Crippen LogP) is 2.03. The molecule has 0 saturated carbocycles. The zero-order valence-corrected chi connectivity index (χ0v) is 10.9. The summed E-state index contributed by atoms with van der Waals surface area (Å²) in [5.41, 5.74) is 1.18. The number of nitrogens with one attached hydrogen (secondary N) is 1. The number of aryl methyl sites for hydroxylation is 1. The van der Waals surface area contributed by atoms with Gasteiger partial charge in [-0.25, -0.2) is 4.98 Å². The summed E-state index contributed by atoms with van der Waals surface area (Å²) in [6.45, 7) is 7.96. The molecule has 0 amide bonds. The van der Waals surface area contributed by atoms with Crippen LogP contribution in [0.3, 0.4) is 0 Å². The minimum Gasteiger partial charge on any atom is -0.311 e. The van der Waals surface area contributed by atoms with Gasteiger partial charge in [-0.2, -0.15) is 0 Å². The molecule has 1 aromatic heterocycles. The lowest BCUT2D eigenvalue weighted by atomic mass is 10.3. The van der Waals surface area contributed by atoms with Gasteiger partial charge in [-0.1, -0.05) is 0 Å². The molecule has 0 aliphatic carbocycles. The van der Waals surface area contributed by atoms with E-state index in [1.54, 1.807) is 11.3 Å². The van der Waals surface area contributed by atoms with Gasteiger partial charge in [-0.15, -0.1) is 11.3 Å². The molecule has 0 unspecified atom stereocenters. The van der Waals surface area contributed by atoms with Crippen LogP contribution in [-0.4, -0.2) is 36.1 Å². The highest BCUT2D eigenvalue weighted by molar-refractivity contribution is 7.09. The Balaban J connectivity index is 1.51. The molecule has 1 saturated heterocycles. The maximum absolute atomic E-state index is 4.43. The van der Waals surface area contributed by atoms with E-state index in [0.717, 1.165) is 18.1 Å². The number of hydrogen-bond acceptors (Lipinski definition) is 4. The topological polar surface area (TPSA) is 28.2 Å². The van der Waals surface area contributed by atoms with Gasteiger partial charge in [-0.3, -0.25) is 0 Å². The molecule has 1 aliphatic heterocycles. The number of aromatic nitrogens is 1. The number of nitrogens with zero attached hydrogens (tertiary/aromatic N) is 2. The van der Waals surface area contributed by atoms with Crippen molar-refractivity contribution in [1.29, 1.82) is 0 Å². The molecule has 1 fully saturated rings. The molecular weight excluding hydrogens is 218 g/mol. The van der Waals surface area contributed by atoms with E-state index in [-0.39, 0.29) is 0 Å². The molecule has 16 heavy (non-hydrogen) atoms. The molecule has 0 atom stereocenters. The summed E-state index contributed by atoms with van der Waals surface area (Å²) in [7, 11) is 0. The van der Waals surface area contributed by atoms with Crippen LogP contribution >= 0.6 is 11.3 Å². The van der Waals surface area contributed by atoms with Crippen molar-refractivity contribution in [2.45, 2.75) is 32.7 Å². The van der Waals surface area contributed by atoms with Gasteiger partial charge in [0.2, 0.25) is 0 Å². The fourth-order valence-electron chi connectivity index (χ4n) is 2.14. The number of rotatable bonds is 6. The van der Waals surface area contributed by atoms with E-state index in [1.807, 2.05) is 0 Å². The lowest BCUT2D eigenvalue weighted by Gasteiger charge is -2.13. The largest absolute Gasteiger partial charge is 0.311 e. The summed E-state index contributed by atoms with van der Waals surface area (Å²) in [5.74, 6) is 0. The van der Waals surface area contributed by atoms with E-state index in [1.165, 1.54) is 44.6 Å². The summed E-state index contributed by atoms with van der Waals surface area (Å²) in [5, 5.41) is 6.76. The van der Waals surface area contributed by atoms with Crippen LogP contribution in [-0.2, 0) is 6.54 Å². The van der Waals surface area contributed by atoms with Crippen molar-refractivity contribution >= 4 is 11.3 Å². The Morgan fingerprint density at radius 2 is 2.25 bits per heavy atom. The van der Waals surface area contributed by atoms with Crippen LogP contribution in [0, 0.1) is 6.92 Å². The standard InChI is InChI=1S/C12H21N3S/c1-11-14-12(10-16-11)9-13-5-4-8-15-6-2-3-7-15/h10,13H,2-9H2,1H3. The number of thiazole rings is 1. The molecule has 1 aromatic rings. The Morgan fingerprint density at radius 1 is 1.44 bits per heavy atom. The van der Waals surface area contributed by atoms with E-state index in [4.69, 9.17) is 0 Å². The van der Waals surface area contributed by atoms with Crippen LogP contribution in [0.15, 0.2) is 5.38 Å². The molecule has 1 aliphatic rings. The van der Waals surface area contributed by atoms with Gasteiger partial charge in [0, 0.05) is 11.9 Å². The smallest absolute Gasteiger partial charge is 0.0897 e. The lowest BCUT2D eigenvalue weighted by Crippen LogP contribution is -2.24. The van der Waals surface area contributed by atoms with Gasteiger partial charge < -0.3 is 10.2 Å². The normalized spacial score (nSPS) is 17.1. The highest BCUT2D eigenvalue weighted by Crippen LogP contribution is 2.08. The summed E-state index contributed by atoms with van der Waals surface area (Å²) in [6, 6.07) is 0. The Bertz CT molecular complexity index is 305. The van der Waals surface area contributed by atoms with Crippen LogP contribution in [0.4, 0.5) is 0 Å². The third kappa shape index (κ3) is 3.85. The van der Waals surface area contributed by atoms with Crippen molar-refractivity contribution in [1.82, 2.24) is 15.2 Å². The fourth-order valence-corrected chi connectivity index (χ4v) is 2.75. The molecule has 1 N–H and O–H groups in total. The Labute approximate surface area is 102 Å². The third-order valence-electron chi connectivity index (χ3n) is 3.00. The Hall–Kier alpha value is -0.450. The van der Waals surface area contributed by atoms with Crippen molar-refractivity contribution in [3.63, 3.8) is 0 Å². The van der Waals surface area contributed by atoms with E-state index < -0.39 is 0 Å². The molecule has 2 heterocycles. The average Bonchev–Trinajstić information content (AvgIpc) is 2.89. The zero-order valence-electron chi connectivity index (χ0n) is 10.0. The Kier molecular flexibility index (Phi) is 4.75. The van der Waals surface area contributed by atoms with Crippen molar-refractivity contribution < 1.29 is 0 Å². The first-order valence-corrected chi connectivity index (χ1v) is 7.06. The summed E-state index contributed by atoms with van der Waals surface area (Å²) >= 11 is 1.73. The molecule has 0 radical (unpaired) electrons. The molecule has 3 nitrogen and oxygen atoms in total. The van der Waals surface area contributed by atoms with Crippen LogP contribution < -0.4 is 5.32 Å². The first kappa shape index (κ1) is 12.0. The predicted molar refractivity (Wildman–Crippen MR) is 68.8 cm³/mol. The quantitative estimate of drug-likeness (QED) is 0.770. The zero-order chi connectivity index (χ0) is 11.2. The molecular formula is C12H21N3S. The lowest BCUT2D eigenvalue weighted by molar-refractivity contribution is 0.331. The maximum atomic E-state index is 4.43. The fraction of sp³-hybridized carbons (Fsp3) is 0.750. The third-order valence-corrected chi connectivity index (χ3v) is 3.82. The highest BCUT2D eigenvalue weighted by atomic mass is 32.1. The van der Waals surface area contributed by atoms with E-state index >= 15 is 0 Å². The van der Waals surface area contributed by atoms with Crippen molar-refractivity contribution in [3.05, 3.63) is 16.1 Å². The van der Waals surface area contributed by atoms with Gasteiger partial charge in [0.15, 0.2) is 0 Å². The van der Waals surface area contributed by atoms with Gasteiger partial charge in [-0.05, 0) is 52.4 Å². The van der Waals surface area contributed by atoms with Gasteiger partial charge in [0.1, 0.15) is 0 Å². The summed E-state index contributed by atoms with van der Waals surface area (Å²) in [4.78, 5) is 7.00. The van der Waals surface area contributed by atoms with Crippen LogP contribution in [0.2, 0.25) is 0 Å². The van der Waals surface area contributed by atoms with Crippen LogP contribution in [0.5, 0.6) is 0 Å². The monoisotopic (exact) mass is 239 g/mol. The van der Waals surface area contributed by atoms with Crippen LogP contribution in [0.25, 0.3) is 0 Å². The maximum Gasteiger partial charge on any atom is 0.0897 e. The van der Waals surface area contributed by atoms with Gasteiger partial charge >= 0.3 is 0 Å². The molecule has 90 valence electrons. The minimum absolute atomic E-state index is 0.921. The van der Waals surface area contributed by atoms with Crippen LogP contribution in [0.1, 0.15) is 30.0 Å². The second kappa shape index (κ2) is 6.33. The SMILES string of the molecule is Cc1nc(CNCCCN2CCCC2)cs1. The first-order chi connectivity index (χ1) is 7.84. The number of likely N-dealkylation sites (tertiary alicyclic amines) is 1. The Morgan fingerprint density at radius 3 is 2.94 bits per heavy atom. The van der Waals surface area contributed by atoms with Crippen molar-refractivity contribution in [2.75, 3.05) is 26.2 Å². The van der Waals surface area contributed by atoms with E-state index in [9.17, 15) is 0 Å². The molecule has 0 spiro atoms. The van der Waals surface area contributed by atoms with Crippen molar-refractivity contribution in [3.8, 4) is 0 Å².